The minimum absolute atomic E-state index is 0.161. The second kappa shape index (κ2) is 6.48. The molecule has 1 atom stereocenters. The van der Waals surface area contributed by atoms with Gasteiger partial charge < -0.3 is 9.84 Å². The second-order valence-electron chi connectivity index (χ2n) is 6.03. The number of aliphatic carboxylic acids is 1. The molecule has 2 rings (SSSR count). The van der Waals surface area contributed by atoms with Crippen LogP contribution in [0.15, 0.2) is 24.3 Å². The standard InChI is InChI=1S/C17H25NO3/c1-4-17(16(19)20)10-5-11-18(17)12-14-6-8-15(9-7-14)21-13(2)3/h6-9,13H,4-5,10-12H2,1-3H3,(H,19,20). The van der Waals surface area contributed by atoms with Crippen LogP contribution in [-0.2, 0) is 11.3 Å². The van der Waals surface area contributed by atoms with E-state index >= 15 is 0 Å². The summed E-state index contributed by atoms with van der Waals surface area (Å²) in [5.74, 6) is 0.164. The van der Waals surface area contributed by atoms with E-state index in [9.17, 15) is 9.90 Å². The largest absolute Gasteiger partial charge is 0.491 e. The number of nitrogens with zero attached hydrogens (tertiary/aromatic N) is 1. The van der Waals surface area contributed by atoms with Crippen LogP contribution in [0.5, 0.6) is 5.75 Å². The van der Waals surface area contributed by atoms with Crippen molar-refractivity contribution < 1.29 is 14.6 Å². The van der Waals surface area contributed by atoms with Crippen molar-refractivity contribution in [1.82, 2.24) is 4.90 Å². The number of benzene rings is 1. The topological polar surface area (TPSA) is 49.8 Å². The van der Waals surface area contributed by atoms with Crippen molar-refractivity contribution in [3.63, 3.8) is 0 Å². The van der Waals surface area contributed by atoms with Gasteiger partial charge in [-0.1, -0.05) is 19.1 Å². The van der Waals surface area contributed by atoms with Crippen LogP contribution < -0.4 is 4.74 Å². The Kier molecular flexibility index (Phi) is 4.88. The predicted molar refractivity (Wildman–Crippen MR) is 82.5 cm³/mol. The molecule has 0 bridgehead atoms. The summed E-state index contributed by atoms with van der Waals surface area (Å²) < 4.78 is 5.63. The van der Waals surface area contributed by atoms with Gasteiger partial charge in [0.2, 0.25) is 0 Å². The molecule has 1 aromatic carbocycles. The third-order valence-electron chi connectivity index (χ3n) is 4.28. The summed E-state index contributed by atoms with van der Waals surface area (Å²) in [5.41, 5.74) is 0.444. The van der Waals surface area contributed by atoms with E-state index in [0.717, 1.165) is 30.7 Å². The minimum atomic E-state index is -0.692. The van der Waals surface area contributed by atoms with Crippen molar-refractivity contribution in [3.05, 3.63) is 29.8 Å². The molecule has 0 amide bonds. The van der Waals surface area contributed by atoms with E-state index in [1.54, 1.807) is 0 Å². The molecular formula is C17H25NO3. The van der Waals surface area contributed by atoms with Crippen molar-refractivity contribution >= 4 is 5.97 Å². The smallest absolute Gasteiger partial charge is 0.324 e. The first-order valence-electron chi connectivity index (χ1n) is 7.72. The quantitative estimate of drug-likeness (QED) is 0.873. The first-order valence-corrected chi connectivity index (χ1v) is 7.72. The molecule has 0 saturated carbocycles. The van der Waals surface area contributed by atoms with Gasteiger partial charge in [-0.15, -0.1) is 0 Å². The van der Waals surface area contributed by atoms with Gasteiger partial charge in [0.25, 0.3) is 0 Å². The fourth-order valence-corrected chi connectivity index (χ4v) is 3.12. The molecular weight excluding hydrogens is 266 g/mol. The molecule has 0 aliphatic carbocycles. The van der Waals surface area contributed by atoms with Crippen LogP contribution in [0.25, 0.3) is 0 Å². The predicted octanol–water partition coefficient (Wildman–Crippen LogP) is 3.30. The molecule has 1 aliphatic heterocycles. The van der Waals surface area contributed by atoms with E-state index in [0.29, 0.717) is 13.0 Å². The zero-order chi connectivity index (χ0) is 15.5. The lowest BCUT2D eigenvalue weighted by Gasteiger charge is -2.33. The van der Waals surface area contributed by atoms with Gasteiger partial charge in [-0.05, 0) is 57.4 Å². The summed E-state index contributed by atoms with van der Waals surface area (Å²) in [5, 5.41) is 9.59. The monoisotopic (exact) mass is 291 g/mol. The maximum atomic E-state index is 11.7. The summed E-state index contributed by atoms with van der Waals surface area (Å²) in [4.78, 5) is 13.8. The highest BCUT2D eigenvalue weighted by Crippen LogP contribution is 2.34. The summed E-state index contributed by atoms with van der Waals surface area (Å²) in [6.45, 7) is 7.50. The molecule has 0 radical (unpaired) electrons. The van der Waals surface area contributed by atoms with Gasteiger partial charge in [0.15, 0.2) is 0 Å². The molecule has 0 spiro atoms. The second-order valence-corrected chi connectivity index (χ2v) is 6.03. The van der Waals surface area contributed by atoms with Crippen molar-refractivity contribution in [1.29, 1.82) is 0 Å². The van der Waals surface area contributed by atoms with Crippen molar-refractivity contribution in [2.75, 3.05) is 6.54 Å². The first-order chi connectivity index (χ1) is 9.98. The molecule has 1 unspecified atom stereocenters. The number of hydrogen-bond acceptors (Lipinski definition) is 3. The van der Waals surface area contributed by atoms with Gasteiger partial charge in [-0.2, -0.15) is 0 Å². The van der Waals surface area contributed by atoms with Gasteiger partial charge in [0.05, 0.1) is 6.10 Å². The number of carboxylic acid groups (broad SMARTS) is 1. The number of likely N-dealkylation sites (tertiary alicyclic amines) is 1. The van der Waals surface area contributed by atoms with Crippen LogP contribution in [0.4, 0.5) is 0 Å². The van der Waals surface area contributed by atoms with E-state index < -0.39 is 11.5 Å². The van der Waals surface area contributed by atoms with Crippen molar-refractivity contribution in [2.45, 2.75) is 58.2 Å². The lowest BCUT2D eigenvalue weighted by atomic mass is 9.92. The van der Waals surface area contributed by atoms with Crippen LogP contribution in [0.1, 0.15) is 45.6 Å². The Morgan fingerprint density at radius 2 is 2.05 bits per heavy atom. The van der Waals surface area contributed by atoms with Gasteiger partial charge in [-0.25, -0.2) is 0 Å². The number of carbonyl (C=O) groups is 1. The highest BCUT2D eigenvalue weighted by molar-refractivity contribution is 5.79. The molecule has 0 aromatic heterocycles. The van der Waals surface area contributed by atoms with E-state index in [2.05, 4.69) is 4.90 Å². The Morgan fingerprint density at radius 3 is 2.57 bits per heavy atom. The Bertz CT molecular complexity index is 483. The van der Waals surface area contributed by atoms with Gasteiger partial charge in [0.1, 0.15) is 11.3 Å². The van der Waals surface area contributed by atoms with Gasteiger partial charge in [-0.3, -0.25) is 9.69 Å². The Morgan fingerprint density at radius 1 is 1.38 bits per heavy atom. The minimum Gasteiger partial charge on any atom is -0.491 e. The van der Waals surface area contributed by atoms with Crippen LogP contribution >= 0.6 is 0 Å². The summed E-state index contributed by atoms with van der Waals surface area (Å²) in [7, 11) is 0. The molecule has 1 heterocycles. The third kappa shape index (κ3) is 3.38. The average Bonchev–Trinajstić information content (AvgIpc) is 2.84. The summed E-state index contributed by atoms with van der Waals surface area (Å²) >= 11 is 0. The lowest BCUT2D eigenvalue weighted by molar-refractivity contribution is -0.150. The van der Waals surface area contributed by atoms with Crippen LogP contribution in [-0.4, -0.2) is 34.2 Å². The highest BCUT2D eigenvalue weighted by Gasteiger charge is 2.45. The molecule has 1 saturated heterocycles. The van der Waals surface area contributed by atoms with E-state index in [-0.39, 0.29) is 6.10 Å². The van der Waals surface area contributed by atoms with Crippen molar-refractivity contribution in [3.8, 4) is 5.75 Å². The zero-order valence-electron chi connectivity index (χ0n) is 13.1. The molecule has 1 fully saturated rings. The zero-order valence-corrected chi connectivity index (χ0v) is 13.1. The van der Waals surface area contributed by atoms with E-state index in [1.165, 1.54) is 0 Å². The Labute approximate surface area is 126 Å². The molecule has 116 valence electrons. The molecule has 1 aliphatic rings. The maximum absolute atomic E-state index is 11.7. The summed E-state index contributed by atoms with van der Waals surface area (Å²) in [6.07, 6.45) is 2.51. The first kappa shape index (κ1) is 15.8. The SMILES string of the molecule is CCC1(C(=O)O)CCCN1Cc1ccc(OC(C)C)cc1. The van der Waals surface area contributed by atoms with Gasteiger partial charge >= 0.3 is 5.97 Å². The summed E-state index contributed by atoms with van der Waals surface area (Å²) in [6, 6.07) is 7.97. The van der Waals surface area contributed by atoms with Crippen LogP contribution in [0.2, 0.25) is 0 Å². The molecule has 4 heteroatoms. The molecule has 4 nitrogen and oxygen atoms in total. The fraction of sp³-hybridized carbons (Fsp3) is 0.588. The van der Waals surface area contributed by atoms with E-state index in [1.807, 2.05) is 45.0 Å². The molecule has 21 heavy (non-hydrogen) atoms. The number of hydrogen-bond donors (Lipinski definition) is 1. The normalized spacial score (nSPS) is 22.7. The number of carboxylic acids is 1. The maximum Gasteiger partial charge on any atom is 0.324 e. The lowest BCUT2D eigenvalue weighted by Crippen LogP contribution is -2.49. The fourth-order valence-electron chi connectivity index (χ4n) is 3.12. The average molecular weight is 291 g/mol. The number of rotatable bonds is 6. The third-order valence-corrected chi connectivity index (χ3v) is 4.28. The van der Waals surface area contributed by atoms with Crippen LogP contribution in [0, 0.1) is 0 Å². The molecule has 1 aromatic rings. The Balaban J connectivity index is 2.08. The van der Waals surface area contributed by atoms with Crippen LogP contribution in [0.3, 0.4) is 0 Å². The van der Waals surface area contributed by atoms with Crippen molar-refractivity contribution in [2.24, 2.45) is 0 Å². The number of ether oxygens (including phenoxy) is 1. The van der Waals surface area contributed by atoms with E-state index in [4.69, 9.17) is 4.74 Å². The molecule has 1 N–H and O–H groups in total. The Hall–Kier alpha value is -1.55. The highest BCUT2D eigenvalue weighted by atomic mass is 16.5. The van der Waals surface area contributed by atoms with Gasteiger partial charge in [0, 0.05) is 6.54 Å².